The third-order valence-corrected chi connectivity index (χ3v) is 11.1. The number of fused-ring (bicyclic) bond motifs is 4. The summed E-state index contributed by atoms with van der Waals surface area (Å²) < 4.78 is 27.5. The highest BCUT2D eigenvalue weighted by molar-refractivity contribution is 6.04. The van der Waals surface area contributed by atoms with E-state index in [1.54, 1.807) is 58.9 Å². The molecule has 0 spiro atoms. The molecule has 0 radical (unpaired) electrons. The van der Waals surface area contributed by atoms with Crippen LogP contribution in [-0.4, -0.2) is 108 Å². The van der Waals surface area contributed by atoms with Crippen LogP contribution in [0.25, 0.3) is 11.1 Å². The minimum atomic E-state index is -1.01. The van der Waals surface area contributed by atoms with E-state index in [0.717, 1.165) is 22.3 Å². The van der Waals surface area contributed by atoms with Crippen LogP contribution in [0.5, 0.6) is 5.75 Å². The van der Waals surface area contributed by atoms with Crippen molar-refractivity contribution in [2.45, 2.75) is 123 Å². The number of Topliss-reactive ketones (excluding diaryl/α,β-unsaturated/α-hetero) is 2. The highest BCUT2D eigenvalue weighted by Crippen LogP contribution is 2.42. The Bertz CT molecular complexity index is 2000. The van der Waals surface area contributed by atoms with E-state index in [1.165, 1.54) is 16.9 Å². The van der Waals surface area contributed by atoms with Crippen molar-refractivity contribution >= 4 is 41.6 Å². The normalized spacial score (nSPS) is 22.8. The summed E-state index contributed by atoms with van der Waals surface area (Å²) in [5.41, 5.74) is 3.08. The summed E-state index contributed by atoms with van der Waals surface area (Å²) in [5, 5.41) is 2.56. The van der Waals surface area contributed by atoms with Gasteiger partial charge in [-0.2, -0.15) is 0 Å². The number of ketones is 2. The Hall–Kier alpha value is -5.47. The zero-order chi connectivity index (χ0) is 42.2. The predicted molar refractivity (Wildman–Crippen MR) is 208 cm³/mol. The summed E-state index contributed by atoms with van der Waals surface area (Å²) in [5.74, 6) is -2.27. The first-order valence-corrected chi connectivity index (χ1v) is 19.9. The molecular formula is C43H53N3O12. The molecule has 2 saturated heterocycles. The van der Waals surface area contributed by atoms with Crippen molar-refractivity contribution in [1.82, 2.24) is 15.1 Å². The van der Waals surface area contributed by atoms with E-state index < -0.39 is 72.3 Å². The lowest BCUT2D eigenvalue weighted by molar-refractivity contribution is -0.154. The van der Waals surface area contributed by atoms with Gasteiger partial charge >= 0.3 is 24.1 Å². The number of carbonyl (C=O) groups excluding carboxylic acids is 7. The van der Waals surface area contributed by atoms with E-state index in [0.29, 0.717) is 49.1 Å². The lowest BCUT2D eigenvalue weighted by Crippen LogP contribution is -2.55. The molecule has 2 aromatic carbocycles. The number of esters is 2. The number of hydrogen-bond acceptors (Lipinski definition) is 12. The largest absolute Gasteiger partial charge is 0.488 e. The van der Waals surface area contributed by atoms with Gasteiger partial charge in [0.15, 0.2) is 18.5 Å². The predicted octanol–water partition coefficient (Wildman–Crippen LogP) is 5.42. The number of nitrogens with zero attached hydrogens (tertiary/aromatic N) is 2. The quantitative estimate of drug-likeness (QED) is 0.193. The number of aryl methyl sites for hydroxylation is 1. The van der Waals surface area contributed by atoms with Crippen LogP contribution >= 0.6 is 0 Å². The lowest BCUT2D eigenvalue weighted by atomic mass is 9.84. The molecule has 0 saturated carbocycles. The van der Waals surface area contributed by atoms with Crippen molar-refractivity contribution < 1.29 is 57.2 Å². The van der Waals surface area contributed by atoms with Crippen LogP contribution in [-0.2, 0) is 46.4 Å². The van der Waals surface area contributed by atoms with Crippen LogP contribution in [0.4, 0.5) is 9.59 Å². The molecule has 2 fully saturated rings. The summed E-state index contributed by atoms with van der Waals surface area (Å²) in [6, 6.07) is 5.76. The summed E-state index contributed by atoms with van der Waals surface area (Å²) in [6.07, 6.45) is -0.295. The fourth-order valence-corrected chi connectivity index (χ4v) is 8.17. The van der Waals surface area contributed by atoms with Crippen LogP contribution in [0.1, 0.15) is 106 Å². The molecule has 2 aromatic rings. The summed E-state index contributed by atoms with van der Waals surface area (Å²) in [6.45, 7) is 12.5. The maximum atomic E-state index is 13.7. The Balaban J connectivity index is 1.09. The average Bonchev–Trinajstić information content (AvgIpc) is 3.77. The van der Waals surface area contributed by atoms with Crippen molar-refractivity contribution in [3.05, 3.63) is 52.6 Å². The highest BCUT2D eigenvalue weighted by Gasteiger charge is 2.45. The molecule has 0 aromatic heterocycles. The Morgan fingerprint density at radius 3 is 2.34 bits per heavy atom. The third kappa shape index (κ3) is 8.82. The number of amides is 3. The van der Waals surface area contributed by atoms with Gasteiger partial charge in [-0.15, -0.1) is 0 Å². The van der Waals surface area contributed by atoms with Gasteiger partial charge in [-0.3, -0.25) is 19.3 Å². The van der Waals surface area contributed by atoms with Gasteiger partial charge in [-0.1, -0.05) is 32.9 Å². The van der Waals surface area contributed by atoms with Crippen LogP contribution < -0.4 is 10.1 Å². The second kappa shape index (κ2) is 16.8. The maximum Gasteiger partial charge on any atom is 0.411 e. The van der Waals surface area contributed by atoms with Gasteiger partial charge < -0.3 is 33.9 Å². The molecule has 4 aliphatic rings. The zero-order valence-electron chi connectivity index (χ0n) is 34.4. The van der Waals surface area contributed by atoms with Gasteiger partial charge in [0.2, 0.25) is 11.7 Å². The number of carbonyl (C=O) groups is 7. The maximum absolute atomic E-state index is 13.7. The van der Waals surface area contributed by atoms with Gasteiger partial charge in [0, 0.05) is 29.3 Å². The molecule has 3 heterocycles. The molecule has 0 bridgehead atoms. The molecule has 15 nitrogen and oxygen atoms in total. The van der Waals surface area contributed by atoms with E-state index in [4.69, 9.17) is 18.9 Å². The summed E-state index contributed by atoms with van der Waals surface area (Å²) in [4.78, 5) is 94.8. The van der Waals surface area contributed by atoms with Crippen molar-refractivity contribution in [3.8, 4) is 16.9 Å². The molecule has 6 rings (SSSR count). The SMILES string of the molecule is COC(=O)N[C@H](C(=O)N1[C@@H](C)CC[C@H]1C(=O)OCC(=O)c1ccc2c(c1)COc1cc3c(cc1-2)CCC(OC(=O)[C@@H]1C[C@H](C)CN1C(=O)OC(C)(C)C)C3=O)C(C)C. The molecular weight excluding hydrogens is 750 g/mol. The van der Waals surface area contributed by atoms with Crippen molar-refractivity contribution in [2.75, 3.05) is 20.3 Å². The second-order valence-electron chi connectivity index (χ2n) is 17.1. The number of benzene rings is 2. The van der Waals surface area contributed by atoms with Crippen LogP contribution in [0.3, 0.4) is 0 Å². The molecule has 1 N–H and O–H groups in total. The minimum Gasteiger partial charge on any atom is -0.488 e. The van der Waals surface area contributed by atoms with E-state index in [2.05, 4.69) is 10.1 Å². The number of rotatable bonds is 9. The molecule has 312 valence electrons. The first kappa shape index (κ1) is 42.1. The molecule has 1 unspecified atom stereocenters. The molecule has 1 aliphatic carbocycles. The molecule has 3 amide bonds. The van der Waals surface area contributed by atoms with E-state index >= 15 is 0 Å². The molecule has 15 heteroatoms. The van der Waals surface area contributed by atoms with Crippen molar-refractivity contribution in [1.29, 1.82) is 0 Å². The lowest BCUT2D eigenvalue weighted by Gasteiger charge is -2.32. The molecule has 3 aliphatic heterocycles. The third-order valence-electron chi connectivity index (χ3n) is 11.1. The van der Waals surface area contributed by atoms with E-state index in [1.807, 2.05) is 19.9 Å². The van der Waals surface area contributed by atoms with E-state index in [9.17, 15) is 33.6 Å². The standard InChI is InChI=1S/C43H53N3O12/c1-22(2)36(44-41(52)54-8)38(49)46-24(4)9-13-31(46)39(50)56-21-33(47)26-10-12-28-27(16-26)20-55-35-18-29-25(17-30(28)35)11-14-34(37(29)48)57-40(51)32-15-23(3)19-45(32)42(53)58-43(5,6)7/h10,12,16-18,22-24,31-32,34,36H,9,11,13-15,19-21H2,1-8H3,(H,44,52)/t23-,24-,31-,32-,34?,36-/m0/s1. The van der Waals surface area contributed by atoms with Gasteiger partial charge in [0.25, 0.3) is 0 Å². The van der Waals surface area contributed by atoms with E-state index in [-0.39, 0.29) is 36.7 Å². The fraction of sp³-hybridized carbons (Fsp3) is 0.558. The fourth-order valence-electron chi connectivity index (χ4n) is 8.17. The Kier molecular flexibility index (Phi) is 12.2. The molecule has 6 atom stereocenters. The number of ether oxygens (including phenoxy) is 5. The van der Waals surface area contributed by atoms with Crippen LogP contribution in [0.15, 0.2) is 30.3 Å². The number of likely N-dealkylation sites (tertiary alicyclic amines) is 2. The Morgan fingerprint density at radius 1 is 0.914 bits per heavy atom. The minimum absolute atomic E-state index is 0.0598. The second-order valence-corrected chi connectivity index (χ2v) is 17.1. The van der Waals surface area contributed by atoms with Crippen LogP contribution in [0.2, 0.25) is 0 Å². The van der Waals surface area contributed by atoms with Gasteiger partial charge in [-0.25, -0.2) is 19.2 Å². The summed E-state index contributed by atoms with van der Waals surface area (Å²) >= 11 is 0. The zero-order valence-corrected chi connectivity index (χ0v) is 34.4. The Labute approximate surface area is 338 Å². The van der Waals surface area contributed by atoms with Crippen LogP contribution in [0, 0.1) is 11.8 Å². The molecule has 58 heavy (non-hydrogen) atoms. The number of alkyl carbamates (subject to hydrolysis) is 1. The monoisotopic (exact) mass is 803 g/mol. The Morgan fingerprint density at radius 2 is 1.66 bits per heavy atom. The highest BCUT2D eigenvalue weighted by atomic mass is 16.6. The first-order valence-electron chi connectivity index (χ1n) is 19.9. The summed E-state index contributed by atoms with van der Waals surface area (Å²) in [7, 11) is 1.21. The van der Waals surface area contributed by atoms with Gasteiger partial charge in [-0.05, 0) is 107 Å². The van der Waals surface area contributed by atoms with Gasteiger partial charge in [0.1, 0.15) is 36.1 Å². The average molecular weight is 804 g/mol. The number of methoxy groups -OCH3 is 1. The first-order chi connectivity index (χ1) is 27.4. The topological polar surface area (TPSA) is 184 Å². The number of nitrogens with one attached hydrogen (secondary N) is 1. The smallest absolute Gasteiger partial charge is 0.411 e. The van der Waals surface area contributed by atoms with Gasteiger partial charge in [0.05, 0.1) is 7.11 Å². The van der Waals surface area contributed by atoms with Crippen molar-refractivity contribution in [3.63, 3.8) is 0 Å². The van der Waals surface area contributed by atoms with Crippen molar-refractivity contribution in [2.24, 2.45) is 11.8 Å². The number of hydrogen-bond donors (Lipinski definition) is 1.